The molecule has 0 radical (unpaired) electrons. The Hall–Kier alpha value is -2.40. The van der Waals surface area contributed by atoms with Crippen LogP contribution >= 0.6 is 11.6 Å². The van der Waals surface area contributed by atoms with E-state index in [0.717, 1.165) is 22.3 Å². The molecule has 3 rings (SSSR count). The standard InChI is InChI=1S/C15H13ClN2O3/c1-20-9-3-4-11-12(7-9)18-15(17-11)8-5-10(16)14(19)13(6-8)21-2/h3-7,19H,1-2H3,(H,17,18). The maximum Gasteiger partial charge on any atom is 0.176 e. The van der Waals surface area contributed by atoms with Gasteiger partial charge in [0.2, 0.25) is 0 Å². The summed E-state index contributed by atoms with van der Waals surface area (Å²) in [6, 6.07) is 8.89. The van der Waals surface area contributed by atoms with Crippen molar-refractivity contribution >= 4 is 22.6 Å². The van der Waals surface area contributed by atoms with E-state index in [1.54, 1.807) is 19.2 Å². The number of benzene rings is 2. The number of nitrogens with one attached hydrogen (secondary N) is 1. The van der Waals surface area contributed by atoms with E-state index in [1.165, 1.54) is 7.11 Å². The summed E-state index contributed by atoms with van der Waals surface area (Å²) in [5, 5.41) is 9.98. The van der Waals surface area contributed by atoms with Gasteiger partial charge in [-0.2, -0.15) is 0 Å². The largest absolute Gasteiger partial charge is 0.503 e. The fourth-order valence-corrected chi connectivity index (χ4v) is 2.33. The minimum absolute atomic E-state index is 0.0827. The van der Waals surface area contributed by atoms with Gasteiger partial charge < -0.3 is 19.6 Å². The Morgan fingerprint density at radius 1 is 1.14 bits per heavy atom. The predicted octanol–water partition coefficient (Wildman–Crippen LogP) is 3.61. The fraction of sp³-hybridized carbons (Fsp3) is 0.133. The summed E-state index contributed by atoms with van der Waals surface area (Å²) in [4.78, 5) is 7.70. The molecule has 0 fully saturated rings. The van der Waals surface area contributed by atoms with Crippen molar-refractivity contribution in [2.75, 3.05) is 14.2 Å². The number of H-pyrrole nitrogens is 1. The van der Waals surface area contributed by atoms with E-state index in [2.05, 4.69) is 9.97 Å². The number of imidazole rings is 1. The smallest absolute Gasteiger partial charge is 0.176 e. The number of aromatic hydroxyl groups is 1. The molecular weight excluding hydrogens is 292 g/mol. The van der Waals surface area contributed by atoms with Gasteiger partial charge in [-0.05, 0) is 24.3 Å². The van der Waals surface area contributed by atoms with Crippen molar-refractivity contribution in [1.82, 2.24) is 9.97 Å². The Bertz CT molecular complexity index is 814. The number of hydrogen-bond acceptors (Lipinski definition) is 4. The second-order valence-corrected chi connectivity index (χ2v) is 4.88. The topological polar surface area (TPSA) is 67.4 Å². The number of fused-ring (bicyclic) bond motifs is 1. The predicted molar refractivity (Wildman–Crippen MR) is 81.3 cm³/mol. The van der Waals surface area contributed by atoms with Crippen LogP contribution in [0.25, 0.3) is 22.4 Å². The molecule has 0 aliphatic heterocycles. The summed E-state index contributed by atoms with van der Waals surface area (Å²) in [5.74, 6) is 1.61. The van der Waals surface area contributed by atoms with Gasteiger partial charge >= 0.3 is 0 Å². The van der Waals surface area contributed by atoms with Crippen LogP contribution in [-0.4, -0.2) is 29.3 Å². The second kappa shape index (κ2) is 5.18. The van der Waals surface area contributed by atoms with Crippen LogP contribution in [-0.2, 0) is 0 Å². The van der Waals surface area contributed by atoms with Crippen LogP contribution in [0.15, 0.2) is 30.3 Å². The number of hydrogen-bond donors (Lipinski definition) is 2. The molecule has 108 valence electrons. The summed E-state index contributed by atoms with van der Waals surface area (Å²) < 4.78 is 10.3. The molecule has 2 N–H and O–H groups in total. The lowest BCUT2D eigenvalue weighted by Crippen LogP contribution is -1.87. The minimum Gasteiger partial charge on any atom is -0.503 e. The van der Waals surface area contributed by atoms with Gasteiger partial charge in [0, 0.05) is 11.6 Å². The molecule has 1 heterocycles. The lowest BCUT2D eigenvalue weighted by atomic mass is 10.2. The van der Waals surface area contributed by atoms with Gasteiger partial charge in [0.25, 0.3) is 0 Å². The quantitative estimate of drug-likeness (QED) is 0.775. The Morgan fingerprint density at radius 3 is 2.67 bits per heavy atom. The number of aromatic nitrogens is 2. The van der Waals surface area contributed by atoms with Gasteiger partial charge in [-0.1, -0.05) is 11.6 Å². The first kappa shape index (κ1) is 13.6. The van der Waals surface area contributed by atoms with Gasteiger partial charge in [-0.25, -0.2) is 4.98 Å². The van der Waals surface area contributed by atoms with E-state index in [1.807, 2.05) is 18.2 Å². The third-order valence-electron chi connectivity index (χ3n) is 3.21. The van der Waals surface area contributed by atoms with Crippen molar-refractivity contribution in [3.8, 4) is 28.6 Å². The molecule has 0 amide bonds. The van der Waals surface area contributed by atoms with Crippen molar-refractivity contribution in [3.63, 3.8) is 0 Å². The van der Waals surface area contributed by atoms with Crippen molar-refractivity contribution < 1.29 is 14.6 Å². The number of phenols is 1. The van der Waals surface area contributed by atoms with Crippen LogP contribution in [0.4, 0.5) is 0 Å². The molecule has 0 unspecified atom stereocenters. The van der Waals surface area contributed by atoms with Crippen LogP contribution in [0, 0.1) is 0 Å². The Kier molecular flexibility index (Phi) is 3.35. The number of aromatic amines is 1. The van der Waals surface area contributed by atoms with Gasteiger partial charge in [0.1, 0.15) is 11.6 Å². The average molecular weight is 305 g/mol. The maximum absolute atomic E-state index is 9.77. The lowest BCUT2D eigenvalue weighted by Gasteiger charge is -2.07. The molecule has 0 saturated carbocycles. The van der Waals surface area contributed by atoms with Gasteiger partial charge in [0.15, 0.2) is 11.5 Å². The zero-order valence-corrected chi connectivity index (χ0v) is 12.2. The van der Waals surface area contributed by atoms with Crippen molar-refractivity contribution in [2.45, 2.75) is 0 Å². The summed E-state index contributed by atoms with van der Waals surface area (Å²) in [6.07, 6.45) is 0. The summed E-state index contributed by atoms with van der Waals surface area (Å²) in [5.41, 5.74) is 2.39. The number of ether oxygens (including phenoxy) is 2. The van der Waals surface area contributed by atoms with Gasteiger partial charge in [-0.15, -0.1) is 0 Å². The van der Waals surface area contributed by atoms with Gasteiger partial charge in [0.05, 0.1) is 30.3 Å². The van der Waals surface area contributed by atoms with Crippen molar-refractivity contribution in [1.29, 1.82) is 0 Å². The zero-order valence-electron chi connectivity index (χ0n) is 11.5. The Balaban J connectivity index is 2.14. The number of nitrogens with zero attached hydrogens (tertiary/aromatic N) is 1. The number of halogens is 1. The third kappa shape index (κ3) is 2.36. The molecule has 0 atom stereocenters. The molecule has 3 aromatic rings. The molecule has 0 saturated heterocycles. The van der Waals surface area contributed by atoms with Gasteiger partial charge in [-0.3, -0.25) is 0 Å². The highest BCUT2D eigenvalue weighted by Crippen LogP contribution is 2.38. The third-order valence-corrected chi connectivity index (χ3v) is 3.50. The fourth-order valence-electron chi connectivity index (χ4n) is 2.12. The van der Waals surface area contributed by atoms with E-state index in [9.17, 15) is 5.11 Å². The highest BCUT2D eigenvalue weighted by molar-refractivity contribution is 6.32. The molecule has 0 bridgehead atoms. The highest BCUT2D eigenvalue weighted by Gasteiger charge is 2.13. The van der Waals surface area contributed by atoms with Crippen LogP contribution in [0.1, 0.15) is 0 Å². The first-order valence-corrected chi connectivity index (χ1v) is 6.61. The molecule has 2 aromatic carbocycles. The highest BCUT2D eigenvalue weighted by atomic mass is 35.5. The van der Waals surface area contributed by atoms with Crippen LogP contribution < -0.4 is 9.47 Å². The van der Waals surface area contributed by atoms with Crippen LogP contribution in [0.3, 0.4) is 0 Å². The second-order valence-electron chi connectivity index (χ2n) is 4.48. The van der Waals surface area contributed by atoms with Crippen molar-refractivity contribution in [2.24, 2.45) is 0 Å². The van der Waals surface area contributed by atoms with E-state index in [-0.39, 0.29) is 10.8 Å². The van der Waals surface area contributed by atoms with E-state index < -0.39 is 0 Å². The molecule has 5 nitrogen and oxygen atoms in total. The molecule has 6 heteroatoms. The first-order valence-electron chi connectivity index (χ1n) is 6.23. The minimum atomic E-state index is -0.0827. The molecule has 1 aromatic heterocycles. The summed E-state index contributed by atoms with van der Waals surface area (Å²) in [6.45, 7) is 0. The normalized spacial score (nSPS) is 10.8. The Labute approximate surface area is 126 Å². The molecular formula is C15H13ClN2O3. The number of rotatable bonds is 3. The van der Waals surface area contributed by atoms with Crippen LogP contribution in [0.5, 0.6) is 17.2 Å². The molecule has 0 aliphatic carbocycles. The van der Waals surface area contributed by atoms with E-state index >= 15 is 0 Å². The zero-order chi connectivity index (χ0) is 15.0. The molecule has 0 aliphatic rings. The Morgan fingerprint density at radius 2 is 1.95 bits per heavy atom. The molecule has 21 heavy (non-hydrogen) atoms. The van der Waals surface area contributed by atoms with Crippen molar-refractivity contribution in [3.05, 3.63) is 35.4 Å². The maximum atomic E-state index is 9.77. The first-order chi connectivity index (χ1) is 10.1. The monoisotopic (exact) mass is 304 g/mol. The van der Waals surface area contributed by atoms with E-state index in [4.69, 9.17) is 21.1 Å². The van der Waals surface area contributed by atoms with Crippen LogP contribution in [0.2, 0.25) is 5.02 Å². The molecule has 0 spiro atoms. The summed E-state index contributed by atoms with van der Waals surface area (Å²) in [7, 11) is 3.09. The SMILES string of the molecule is COc1ccc2nc(-c3cc(Cl)c(O)c(OC)c3)[nH]c2c1. The van der Waals surface area contributed by atoms with E-state index in [0.29, 0.717) is 11.6 Å². The summed E-state index contributed by atoms with van der Waals surface area (Å²) >= 11 is 6.00. The lowest BCUT2D eigenvalue weighted by molar-refractivity contribution is 0.374. The average Bonchev–Trinajstić information content (AvgIpc) is 2.92. The number of phenolic OH excluding ortho intramolecular Hbond substituents is 1. The number of methoxy groups -OCH3 is 2.